The van der Waals surface area contributed by atoms with Crippen molar-refractivity contribution in [1.82, 2.24) is 4.98 Å². The van der Waals surface area contributed by atoms with Crippen molar-refractivity contribution in [2.24, 2.45) is 0 Å². The Labute approximate surface area is 156 Å². The lowest BCUT2D eigenvalue weighted by atomic mass is 9.95. The van der Waals surface area contributed by atoms with Crippen LogP contribution in [0, 0.1) is 0 Å². The van der Waals surface area contributed by atoms with Crippen LogP contribution in [0.15, 0.2) is 78.9 Å². The zero-order chi connectivity index (χ0) is 18.8. The van der Waals surface area contributed by atoms with Crippen molar-refractivity contribution in [3.8, 4) is 22.8 Å². The van der Waals surface area contributed by atoms with Crippen molar-refractivity contribution in [3.05, 3.63) is 90.0 Å². The second kappa shape index (κ2) is 6.92. The van der Waals surface area contributed by atoms with Gasteiger partial charge in [0.1, 0.15) is 17.0 Å². The van der Waals surface area contributed by atoms with Gasteiger partial charge in [-0.05, 0) is 6.07 Å². The molecule has 4 aromatic rings. The molecule has 0 fully saturated rings. The molecule has 0 bridgehead atoms. The highest BCUT2D eigenvalue weighted by molar-refractivity contribution is 6.19. The fourth-order valence-electron chi connectivity index (χ4n) is 3.18. The number of carbonyl (C=O) groups excluding carboxylic acids is 1. The third kappa shape index (κ3) is 2.91. The van der Waals surface area contributed by atoms with E-state index in [1.807, 2.05) is 36.4 Å². The molecule has 0 unspecified atom stereocenters. The molecule has 4 rings (SSSR count). The van der Waals surface area contributed by atoms with Gasteiger partial charge in [-0.15, -0.1) is 0 Å². The van der Waals surface area contributed by atoms with Gasteiger partial charge in [-0.2, -0.15) is 0 Å². The van der Waals surface area contributed by atoms with Crippen LogP contribution in [0.3, 0.4) is 0 Å². The molecule has 4 nitrogen and oxygen atoms in total. The van der Waals surface area contributed by atoms with Gasteiger partial charge in [0.2, 0.25) is 0 Å². The first-order valence-corrected chi connectivity index (χ1v) is 8.55. The van der Waals surface area contributed by atoms with Crippen LogP contribution in [-0.2, 0) is 0 Å². The van der Waals surface area contributed by atoms with Gasteiger partial charge in [-0.3, -0.25) is 4.79 Å². The first-order valence-electron chi connectivity index (χ1n) is 8.55. The van der Waals surface area contributed by atoms with Crippen molar-refractivity contribution in [2.75, 3.05) is 7.11 Å². The second-order valence-corrected chi connectivity index (χ2v) is 6.10. The number of carbonyl (C=O) groups is 1. The highest BCUT2D eigenvalue weighted by atomic mass is 16.5. The van der Waals surface area contributed by atoms with Crippen LogP contribution in [0.2, 0.25) is 0 Å². The predicted octanol–water partition coefficient (Wildman–Crippen LogP) is 4.85. The SMILES string of the molecule is COc1cccc2c(C(=O)c3ccccc3)c(O)c(-c3ccccc3)nc12. The summed E-state index contributed by atoms with van der Waals surface area (Å²) >= 11 is 0. The number of aromatic hydroxyl groups is 1. The Morgan fingerprint density at radius 3 is 2.22 bits per heavy atom. The number of fused-ring (bicyclic) bond motifs is 1. The molecule has 27 heavy (non-hydrogen) atoms. The van der Waals surface area contributed by atoms with Gasteiger partial charge < -0.3 is 9.84 Å². The average molecular weight is 355 g/mol. The predicted molar refractivity (Wildman–Crippen MR) is 105 cm³/mol. The lowest BCUT2D eigenvalue weighted by molar-refractivity contribution is 0.103. The molecule has 1 heterocycles. The van der Waals surface area contributed by atoms with Gasteiger partial charge in [0.15, 0.2) is 11.5 Å². The smallest absolute Gasteiger partial charge is 0.197 e. The monoisotopic (exact) mass is 355 g/mol. The zero-order valence-electron chi connectivity index (χ0n) is 14.7. The third-order valence-electron chi connectivity index (χ3n) is 4.48. The largest absolute Gasteiger partial charge is 0.505 e. The van der Waals surface area contributed by atoms with Gasteiger partial charge in [-0.1, -0.05) is 72.8 Å². The molecule has 3 aromatic carbocycles. The maximum atomic E-state index is 13.2. The van der Waals surface area contributed by atoms with Gasteiger partial charge in [0, 0.05) is 16.5 Å². The third-order valence-corrected chi connectivity index (χ3v) is 4.48. The van der Waals surface area contributed by atoms with Crippen LogP contribution >= 0.6 is 0 Å². The number of methoxy groups -OCH3 is 1. The fraction of sp³-hybridized carbons (Fsp3) is 0.0435. The minimum Gasteiger partial charge on any atom is -0.505 e. The van der Waals surface area contributed by atoms with Crippen LogP contribution < -0.4 is 4.74 Å². The van der Waals surface area contributed by atoms with E-state index in [1.165, 1.54) is 0 Å². The van der Waals surface area contributed by atoms with Gasteiger partial charge in [0.25, 0.3) is 0 Å². The fourth-order valence-corrected chi connectivity index (χ4v) is 3.18. The van der Waals surface area contributed by atoms with E-state index in [0.717, 1.165) is 5.56 Å². The second-order valence-electron chi connectivity index (χ2n) is 6.10. The quantitative estimate of drug-likeness (QED) is 0.532. The summed E-state index contributed by atoms with van der Waals surface area (Å²) in [6.07, 6.45) is 0. The normalized spacial score (nSPS) is 10.7. The van der Waals surface area contributed by atoms with E-state index >= 15 is 0 Å². The number of ether oxygens (including phenoxy) is 1. The summed E-state index contributed by atoms with van der Waals surface area (Å²) in [4.78, 5) is 17.9. The zero-order valence-corrected chi connectivity index (χ0v) is 14.7. The molecule has 0 radical (unpaired) electrons. The van der Waals surface area contributed by atoms with Crippen LogP contribution in [0.1, 0.15) is 15.9 Å². The lowest BCUT2D eigenvalue weighted by Gasteiger charge is -2.14. The molecule has 0 aliphatic carbocycles. The molecule has 0 amide bonds. The molecule has 132 valence electrons. The van der Waals surface area contributed by atoms with Crippen LogP contribution in [-0.4, -0.2) is 23.0 Å². The molecule has 0 atom stereocenters. The molecule has 4 heteroatoms. The molecule has 0 saturated carbocycles. The van der Waals surface area contributed by atoms with Crippen molar-refractivity contribution < 1.29 is 14.6 Å². The van der Waals surface area contributed by atoms with E-state index < -0.39 is 0 Å². The number of hydrogen-bond donors (Lipinski definition) is 1. The first-order chi connectivity index (χ1) is 13.2. The highest BCUT2D eigenvalue weighted by Crippen LogP contribution is 2.39. The van der Waals surface area contributed by atoms with Crippen molar-refractivity contribution in [3.63, 3.8) is 0 Å². The summed E-state index contributed by atoms with van der Waals surface area (Å²) in [5, 5.41) is 11.6. The number of para-hydroxylation sites is 1. The van der Waals surface area contributed by atoms with Crippen LogP contribution in [0.4, 0.5) is 0 Å². The number of benzene rings is 3. The summed E-state index contributed by atoms with van der Waals surface area (Å²) < 4.78 is 5.44. The van der Waals surface area contributed by atoms with Gasteiger partial charge in [0.05, 0.1) is 12.7 Å². The number of hydrogen-bond acceptors (Lipinski definition) is 4. The number of ketones is 1. The molecular formula is C23H17NO3. The Morgan fingerprint density at radius 2 is 1.56 bits per heavy atom. The minimum absolute atomic E-state index is 0.129. The van der Waals surface area contributed by atoms with Gasteiger partial charge in [-0.25, -0.2) is 4.98 Å². The number of aromatic nitrogens is 1. The van der Waals surface area contributed by atoms with E-state index in [4.69, 9.17) is 4.74 Å². The Balaban J connectivity index is 2.07. The minimum atomic E-state index is -0.258. The first kappa shape index (κ1) is 16.8. The summed E-state index contributed by atoms with van der Waals surface area (Å²) in [7, 11) is 1.56. The highest BCUT2D eigenvalue weighted by Gasteiger charge is 2.23. The maximum Gasteiger partial charge on any atom is 0.197 e. The molecule has 0 spiro atoms. The maximum absolute atomic E-state index is 13.2. The standard InChI is InChI=1S/C23H17NO3/c1-27-18-14-8-13-17-19(22(25)16-11-6-3-7-12-16)23(26)20(24-21(17)18)15-9-4-2-5-10-15/h2-14,26H,1H3. The number of pyridine rings is 1. The summed E-state index contributed by atoms with van der Waals surface area (Å²) in [5.74, 6) is 0.161. The van der Waals surface area contributed by atoms with Crippen molar-refractivity contribution >= 4 is 16.7 Å². The Hall–Kier alpha value is -3.66. The van der Waals surface area contributed by atoms with Gasteiger partial charge >= 0.3 is 0 Å². The number of nitrogens with zero attached hydrogens (tertiary/aromatic N) is 1. The summed E-state index contributed by atoms with van der Waals surface area (Å²) in [5.41, 5.74) is 2.35. The van der Waals surface area contributed by atoms with E-state index in [9.17, 15) is 9.90 Å². The van der Waals surface area contributed by atoms with E-state index in [-0.39, 0.29) is 17.1 Å². The number of rotatable bonds is 4. The van der Waals surface area contributed by atoms with Crippen molar-refractivity contribution in [2.45, 2.75) is 0 Å². The van der Waals surface area contributed by atoms with Crippen LogP contribution in [0.25, 0.3) is 22.2 Å². The Bertz CT molecular complexity index is 1120. The molecular weight excluding hydrogens is 338 g/mol. The lowest BCUT2D eigenvalue weighted by Crippen LogP contribution is -2.05. The molecule has 1 aromatic heterocycles. The molecule has 0 aliphatic heterocycles. The molecule has 1 N–H and O–H groups in total. The van der Waals surface area contributed by atoms with E-state index in [1.54, 1.807) is 49.6 Å². The topological polar surface area (TPSA) is 59.4 Å². The summed E-state index contributed by atoms with van der Waals surface area (Å²) in [6, 6.07) is 23.6. The summed E-state index contributed by atoms with van der Waals surface area (Å²) in [6.45, 7) is 0. The average Bonchev–Trinajstić information content (AvgIpc) is 2.73. The molecule has 0 saturated heterocycles. The Morgan fingerprint density at radius 1 is 0.889 bits per heavy atom. The van der Waals surface area contributed by atoms with E-state index in [0.29, 0.717) is 27.9 Å². The molecule has 0 aliphatic rings. The van der Waals surface area contributed by atoms with E-state index in [2.05, 4.69) is 4.98 Å². The Kier molecular flexibility index (Phi) is 4.30. The van der Waals surface area contributed by atoms with Crippen LogP contribution in [0.5, 0.6) is 11.5 Å². The van der Waals surface area contributed by atoms with Crippen molar-refractivity contribution in [1.29, 1.82) is 0 Å².